The highest BCUT2D eigenvalue weighted by Crippen LogP contribution is 2.23. The average molecular weight is 336 g/mol. The van der Waals surface area contributed by atoms with Gasteiger partial charge < -0.3 is 9.30 Å². The molecule has 0 N–H and O–H groups in total. The molecule has 1 heterocycles. The molecule has 0 amide bonds. The number of para-hydroxylation sites is 2. The van der Waals surface area contributed by atoms with E-state index in [-0.39, 0.29) is 0 Å². The molecule has 0 unspecified atom stereocenters. The molecule has 0 spiro atoms. The maximum atomic E-state index is 5.98. The lowest BCUT2D eigenvalue weighted by Gasteiger charge is -2.13. The Labute approximate surface area is 150 Å². The zero-order chi connectivity index (χ0) is 17.8. The standard InChI is InChI=1S/C22H28N2O/c1-16(2)22-23-19-11-5-6-12-20(19)24(22)14-7-8-15-25-21-13-9-10-17(3)18(21)4/h5-6,9-13,16H,7-8,14-15H2,1-4H3. The van der Waals surface area contributed by atoms with Crippen LogP contribution in [0.4, 0.5) is 0 Å². The summed E-state index contributed by atoms with van der Waals surface area (Å²) in [5.74, 6) is 2.62. The molecule has 0 aliphatic rings. The number of fused-ring (bicyclic) bond motifs is 1. The fraction of sp³-hybridized carbons (Fsp3) is 0.409. The van der Waals surface area contributed by atoms with Crippen LogP contribution in [-0.4, -0.2) is 16.2 Å². The van der Waals surface area contributed by atoms with E-state index in [4.69, 9.17) is 9.72 Å². The molecule has 3 rings (SSSR count). The van der Waals surface area contributed by atoms with Gasteiger partial charge in [0.15, 0.2) is 0 Å². The fourth-order valence-electron chi connectivity index (χ4n) is 3.20. The molecule has 132 valence electrons. The molecule has 0 bridgehead atoms. The second-order valence-electron chi connectivity index (χ2n) is 7.02. The van der Waals surface area contributed by atoms with E-state index < -0.39 is 0 Å². The summed E-state index contributed by atoms with van der Waals surface area (Å²) in [5.41, 5.74) is 4.86. The maximum Gasteiger partial charge on any atom is 0.122 e. The monoisotopic (exact) mass is 336 g/mol. The first-order valence-corrected chi connectivity index (χ1v) is 9.22. The lowest BCUT2D eigenvalue weighted by atomic mass is 10.1. The van der Waals surface area contributed by atoms with Gasteiger partial charge in [0.05, 0.1) is 17.6 Å². The quantitative estimate of drug-likeness (QED) is 0.522. The zero-order valence-electron chi connectivity index (χ0n) is 15.7. The van der Waals surface area contributed by atoms with E-state index in [1.54, 1.807) is 0 Å². The molecule has 3 nitrogen and oxygen atoms in total. The minimum atomic E-state index is 0.429. The van der Waals surface area contributed by atoms with E-state index in [1.807, 2.05) is 0 Å². The van der Waals surface area contributed by atoms with Crippen molar-refractivity contribution in [2.75, 3.05) is 6.61 Å². The first-order valence-electron chi connectivity index (χ1n) is 9.22. The predicted molar refractivity (Wildman–Crippen MR) is 104 cm³/mol. The van der Waals surface area contributed by atoms with Crippen LogP contribution in [0.5, 0.6) is 5.75 Å². The molecule has 0 saturated heterocycles. The van der Waals surface area contributed by atoms with Gasteiger partial charge in [-0.05, 0) is 56.0 Å². The van der Waals surface area contributed by atoms with Crippen LogP contribution in [0.1, 0.15) is 49.6 Å². The highest BCUT2D eigenvalue weighted by Gasteiger charge is 2.12. The van der Waals surface area contributed by atoms with Crippen molar-refractivity contribution in [2.24, 2.45) is 0 Å². The van der Waals surface area contributed by atoms with Crippen molar-refractivity contribution in [1.29, 1.82) is 0 Å². The number of ether oxygens (including phenoxy) is 1. The molecular weight excluding hydrogens is 308 g/mol. The Bertz CT molecular complexity index is 848. The first-order chi connectivity index (χ1) is 12.1. The van der Waals surface area contributed by atoms with Crippen molar-refractivity contribution < 1.29 is 4.74 Å². The predicted octanol–water partition coefficient (Wildman–Crippen LogP) is 5.64. The SMILES string of the molecule is Cc1cccc(OCCCCn2c(C(C)C)nc3ccccc32)c1C. The maximum absolute atomic E-state index is 5.98. The largest absolute Gasteiger partial charge is 0.493 e. The third-order valence-electron chi connectivity index (χ3n) is 4.79. The Kier molecular flexibility index (Phi) is 5.42. The number of hydrogen-bond acceptors (Lipinski definition) is 2. The Morgan fingerprint density at radius 1 is 1.00 bits per heavy atom. The molecule has 3 aromatic rings. The minimum absolute atomic E-state index is 0.429. The van der Waals surface area contributed by atoms with Gasteiger partial charge in [0, 0.05) is 12.5 Å². The summed E-state index contributed by atoms with van der Waals surface area (Å²) >= 11 is 0. The summed E-state index contributed by atoms with van der Waals surface area (Å²) in [7, 11) is 0. The molecular formula is C22H28N2O. The highest BCUT2D eigenvalue weighted by molar-refractivity contribution is 5.76. The molecule has 3 heteroatoms. The summed E-state index contributed by atoms with van der Waals surface area (Å²) in [6, 6.07) is 14.7. The van der Waals surface area contributed by atoms with Gasteiger partial charge in [-0.2, -0.15) is 0 Å². The number of rotatable bonds is 7. The Morgan fingerprint density at radius 3 is 2.60 bits per heavy atom. The molecule has 0 aliphatic carbocycles. The van der Waals surface area contributed by atoms with Crippen molar-refractivity contribution in [3.05, 3.63) is 59.4 Å². The van der Waals surface area contributed by atoms with Crippen LogP contribution in [0.2, 0.25) is 0 Å². The van der Waals surface area contributed by atoms with Crippen LogP contribution < -0.4 is 4.74 Å². The van der Waals surface area contributed by atoms with E-state index in [2.05, 4.69) is 74.7 Å². The van der Waals surface area contributed by atoms with E-state index in [0.29, 0.717) is 5.92 Å². The summed E-state index contributed by atoms with van der Waals surface area (Å²) in [6.45, 7) is 10.4. The van der Waals surface area contributed by atoms with Gasteiger partial charge in [-0.3, -0.25) is 0 Å². The van der Waals surface area contributed by atoms with Gasteiger partial charge in [0.25, 0.3) is 0 Å². The molecule has 0 fully saturated rings. The van der Waals surface area contributed by atoms with Crippen LogP contribution in [-0.2, 0) is 6.54 Å². The number of benzene rings is 2. The smallest absolute Gasteiger partial charge is 0.122 e. The summed E-state index contributed by atoms with van der Waals surface area (Å²) in [6.07, 6.45) is 2.13. The van der Waals surface area contributed by atoms with Gasteiger partial charge in [-0.1, -0.05) is 38.1 Å². The highest BCUT2D eigenvalue weighted by atomic mass is 16.5. The normalized spacial score (nSPS) is 11.4. The van der Waals surface area contributed by atoms with Gasteiger partial charge >= 0.3 is 0 Å². The average Bonchev–Trinajstić information content (AvgIpc) is 2.97. The number of unbranched alkanes of at least 4 members (excludes halogenated alkanes) is 1. The van der Waals surface area contributed by atoms with Gasteiger partial charge in [0.2, 0.25) is 0 Å². The van der Waals surface area contributed by atoms with Gasteiger partial charge in [-0.25, -0.2) is 4.98 Å². The molecule has 1 aromatic heterocycles. The van der Waals surface area contributed by atoms with E-state index in [0.717, 1.165) is 37.3 Å². The second-order valence-corrected chi connectivity index (χ2v) is 7.02. The van der Waals surface area contributed by atoms with Gasteiger partial charge in [-0.15, -0.1) is 0 Å². The summed E-state index contributed by atoms with van der Waals surface area (Å²) < 4.78 is 8.35. The number of nitrogens with zero attached hydrogens (tertiary/aromatic N) is 2. The minimum Gasteiger partial charge on any atom is -0.493 e. The van der Waals surface area contributed by atoms with E-state index in [9.17, 15) is 0 Å². The Balaban J connectivity index is 1.60. The first kappa shape index (κ1) is 17.5. The number of imidazole rings is 1. The molecule has 25 heavy (non-hydrogen) atoms. The Morgan fingerprint density at radius 2 is 1.80 bits per heavy atom. The number of hydrogen-bond donors (Lipinski definition) is 0. The summed E-state index contributed by atoms with van der Waals surface area (Å²) in [5, 5.41) is 0. The number of aryl methyl sites for hydroxylation is 2. The van der Waals surface area contributed by atoms with Crippen LogP contribution in [0.25, 0.3) is 11.0 Å². The molecule has 0 radical (unpaired) electrons. The van der Waals surface area contributed by atoms with Crippen molar-refractivity contribution in [1.82, 2.24) is 9.55 Å². The van der Waals surface area contributed by atoms with Crippen molar-refractivity contribution in [2.45, 2.75) is 53.0 Å². The zero-order valence-corrected chi connectivity index (χ0v) is 15.7. The van der Waals surface area contributed by atoms with Crippen LogP contribution >= 0.6 is 0 Å². The molecule has 0 atom stereocenters. The summed E-state index contributed by atoms with van der Waals surface area (Å²) in [4.78, 5) is 4.81. The number of aromatic nitrogens is 2. The van der Waals surface area contributed by atoms with Crippen molar-refractivity contribution >= 4 is 11.0 Å². The molecule has 0 saturated carbocycles. The fourth-order valence-corrected chi connectivity index (χ4v) is 3.20. The third kappa shape index (κ3) is 3.87. The van der Waals surface area contributed by atoms with Crippen molar-refractivity contribution in [3.8, 4) is 5.75 Å². The third-order valence-corrected chi connectivity index (χ3v) is 4.79. The van der Waals surface area contributed by atoms with E-state index in [1.165, 1.54) is 22.5 Å². The van der Waals surface area contributed by atoms with Crippen molar-refractivity contribution in [3.63, 3.8) is 0 Å². The van der Waals surface area contributed by atoms with Crippen LogP contribution in [0.15, 0.2) is 42.5 Å². The lowest BCUT2D eigenvalue weighted by Crippen LogP contribution is -2.07. The van der Waals surface area contributed by atoms with Gasteiger partial charge in [0.1, 0.15) is 11.6 Å². The topological polar surface area (TPSA) is 27.1 Å². The van der Waals surface area contributed by atoms with E-state index >= 15 is 0 Å². The lowest BCUT2D eigenvalue weighted by molar-refractivity contribution is 0.301. The molecule has 2 aromatic carbocycles. The molecule has 0 aliphatic heterocycles. The van der Waals surface area contributed by atoms with Crippen LogP contribution in [0.3, 0.4) is 0 Å². The Hall–Kier alpha value is -2.29. The van der Waals surface area contributed by atoms with Crippen LogP contribution in [0, 0.1) is 13.8 Å². The second kappa shape index (κ2) is 7.73.